The molecule has 1 aliphatic heterocycles. The van der Waals surface area contributed by atoms with Gasteiger partial charge in [-0.15, -0.1) is 0 Å². The van der Waals surface area contributed by atoms with E-state index in [9.17, 15) is 9.90 Å². The third-order valence-corrected chi connectivity index (χ3v) is 8.90. The summed E-state index contributed by atoms with van der Waals surface area (Å²) in [4.78, 5) is 13.9. The lowest BCUT2D eigenvalue weighted by Gasteiger charge is -2.45. The van der Waals surface area contributed by atoms with Crippen LogP contribution in [0.15, 0.2) is 36.4 Å². The van der Waals surface area contributed by atoms with Crippen molar-refractivity contribution in [1.29, 1.82) is 0 Å². The second-order valence-electron chi connectivity index (χ2n) is 11.6. The van der Waals surface area contributed by atoms with Crippen molar-refractivity contribution in [2.75, 3.05) is 13.1 Å². The first kappa shape index (κ1) is 23.7. The molecule has 0 spiro atoms. The zero-order valence-electron chi connectivity index (χ0n) is 20.9. The van der Waals surface area contributed by atoms with Gasteiger partial charge in [0.25, 0.3) is 0 Å². The van der Waals surface area contributed by atoms with Crippen molar-refractivity contribution in [3.8, 4) is 5.75 Å². The molecule has 0 aromatic heterocycles. The Hall–Kier alpha value is -2.07. The number of hydrogen-bond donors (Lipinski definition) is 1. The Balaban J connectivity index is 1.17. The summed E-state index contributed by atoms with van der Waals surface area (Å²) in [5.41, 5.74) is 1.36. The van der Waals surface area contributed by atoms with Crippen LogP contribution < -0.4 is 4.74 Å². The van der Waals surface area contributed by atoms with Crippen LogP contribution in [0.25, 0.3) is 10.8 Å². The Morgan fingerprint density at radius 3 is 2.53 bits per heavy atom. The smallest absolute Gasteiger partial charge is 0.306 e. The first-order valence-electron chi connectivity index (χ1n) is 13.6. The summed E-state index contributed by atoms with van der Waals surface area (Å²) in [6, 6.07) is 13.4. The van der Waals surface area contributed by atoms with Crippen molar-refractivity contribution < 1.29 is 14.6 Å². The van der Waals surface area contributed by atoms with Gasteiger partial charge in [-0.3, -0.25) is 9.69 Å². The fourth-order valence-corrected chi connectivity index (χ4v) is 6.83. The topological polar surface area (TPSA) is 49.8 Å². The summed E-state index contributed by atoms with van der Waals surface area (Å²) in [5, 5.41) is 11.9. The van der Waals surface area contributed by atoms with Gasteiger partial charge in [0.15, 0.2) is 0 Å². The number of carboxylic acids is 1. The maximum Gasteiger partial charge on any atom is 0.306 e. The van der Waals surface area contributed by atoms with Gasteiger partial charge in [0.2, 0.25) is 0 Å². The van der Waals surface area contributed by atoms with E-state index in [1.807, 2.05) is 0 Å². The number of likely N-dealkylation sites (tertiary alicyclic amines) is 1. The number of nitrogens with zero attached hydrogens (tertiary/aromatic N) is 1. The molecular formula is C30H41NO3. The molecular weight excluding hydrogens is 422 g/mol. The molecule has 0 bridgehead atoms. The Morgan fingerprint density at radius 1 is 0.971 bits per heavy atom. The van der Waals surface area contributed by atoms with Crippen LogP contribution >= 0.6 is 0 Å². The average molecular weight is 464 g/mol. The van der Waals surface area contributed by atoms with Crippen molar-refractivity contribution in [3.05, 3.63) is 42.0 Å². The number of benzene rings is 2. The second-order valence-corrected chi connectivity index (χ2v) is 11.6. The van der Waals surface area contributed by atoms with Gasteiger partial charge in [0, 0.05) is 19.6 Å². The van der Waals surface area contributed by atoms with Gasteiger partial charge in [-0.05, 0) is 90.3 Å². The third kappa shape index (κ3) is 5.27. The van der Waals surface area contributed by atoms with Gasteiger partial charge in [-0.1, -0.05) is 51.3 Å². The summed E-state index contributed by atoms with van der Waals surface area (Å²) in [5.74, 6) is 2.91. The number of carbonyl (C=O) groups is 1. The zero-order valence-corrected chi connectivity index (χ0v) is 20.9. The highest BCUT2D eigenvalue weighted by Gasteiger charge is 2.37. The summed E-state index contributed by atoms with van der Waals surface area (Å²) in [6.07, 6.45) is 9.46. The SMILES string of the molecule is CC(C)C1CCCCC1Oc1ccc2cc(CN3CC(C4CCCC(C(=O)O)C4)C3)ccc2c1. The number of rotatable bonds is 7. The highest BCUT2D eigenvalue weighted by molar-refractivity contribution is 5.84. The van der Waals surface area contributed by atoms with Crippen LogP contribution in [0.5, 0.6) is 5.75 Å². The van der Waals surface area contributed by atoms with Crippen molar-refractivity contribution >= 4 is 16.7 Å². The van der Waals surface area contributed by atoms with Gasteiger partial charge in [-0.25, -0.2) is 0 Å². The predicted molar refractivity (Wildman–Crippen MR) is 137 cm³/mol. The van der Waals surface area contributed by atoms with E-state index >= 15 is 0 Å². The van der Waals surface area contributed by atoms with Crippen molar-refractivity contribution in [3.63, 3.8) is 0 Å². The molecule has 3 fully saturated rings. The van der Waals surface area contributed by atoms with Crippen LogP contribution in [0.3, 0.4) is 0 Å². The molecule has 0 radical (unpaired) electrons. The minimum absolute atomic E-state index is 0.114. The Kier molecular flexibility index (Phi) is 7.15. The molecule has 1 N–H and O–H groups in total. The molecule has 2 aromatic rings. The van der Waals surface area contributed by atoms with Crippen LogP contribution in [-0.4, -0.2) is 35.2 Å². The van der Waals surface area contributed by atoms with E-state index < -0.39 is 5.97 Å². The average Bonchev–Trinajstić information content (AvgIpc) is 2.81. The number of fused-ring (bicyclic) bond motifs is 1. The highest BCUT2D eigenvalue weighted by Crippen LogP contribution is 2.39. The van der Waals surface area contributed by atoms with E-state index in [1.165, 1.54) is 48.4 Å². The van der Waals surface area contributed by atoms with E-state index in [-0.39, 0.29) is 5.92 Å². The molecule has 4 unspecified atom stereocenters. The monoisotopic (exact) mass is 463 g/mol. The van der Waals surface area contributed by atoms with E-state index in [0.717, 1.165) is 44.6 Å². The third-order valence-electron chi connectivity index (χ3n) is 8.90. The number of aliphatic carboxylic acids is 1. The van der Waals surface area contributed by atoms with Gasteiger partial charge in [-0.2, -0.15) is 0 Å². The molecule has 1 heterocycles. The molecule has 2 saturated carbocycles. The molecule has 4 atom stereocenters. The van der Waals surface area contributed by atoms with Crippen LogP contribution in [0.1, 0.15) is 70.8 Å². The molecule has 2 aromatic carbocycles. The van der Waals surface area contributed by atoms with Gasteiger partial charge in [0.1, 0.15) is 11.9 Å². The number of carboxylic acid groups (broad SMARTS) is 1. The summed E-state index contributed by atoms with van der Waals surface area (Å²) in [7, 11) is 0. The van der Waals surface area contributed by atoms with Gasteiger partial charge < -0.3 is 9.84 Å². The molecule has 0 amide bonds. The maximum absolute atomic E-state index is 11.4. The Morgan fingerprint density at radius 2 is 1.74 bits per heavy atom. The van der Waals surface area contributed by atoms with Crippen LogP contribution in [-0.2, 0) is 11.3 Å². The molecule has 4 nitrogen and oxygen atoms in total. The number of hydrogen-bond acceptors (Lipinski definition) is 3. The van der Waals surface area contributed by atoms with Crippen LogP contribution in [0, 0.1) is 29.6 Å². The van der Waals surface area contributed by atoms with E-state index in [4.69, 9.17) is 4.74 Å². The Bertz CT molecular complexity index is 996. The summed E-state index contributed by atoms with van der Waals surface area (Å²) >= 11 is 0. The lowest BCUT2D eigenvalue weighted by Crippen LogP contribution is -2.50. The molecule has 3 aliphatic rings. The van der Waals surface area contributed by atoms with E-state index in [1.54, 1.807) is 0 Å². The van der Waals surface area contributed by atoms with Crippen molar-refractivity contribution in [2.45, 2.75) is 77.9 Å². The lowest BCUT2D eigenvalue weighted by molar-refractivity contribution is -0.144. The predicted octanol–water partition coefficient (Wildman–Crippen LogP) is 6.76. The lowest BCUT2D eigenvalue weighted by atomic mass is 9.72. The van der Waals surface area contributed by atoms with Gasteiger partial charge >= 0.3 is 5.97 Å². The number of ether oxygens (including phenoxy) is 1. The van der Waals surface area contributed by atoms with Crippen molar-refractivity contribution in [2.24, 2.45) is 29.6 Å². The zero-order chi connectivity index (χ0) is 23.7. The highest BCUT2D eigenvalue weighted by atomic mass is 16.5. The summed E-state index contributed by atoms with van der Waals surface area (Å²) < 4.78 is 6.51. The molecule has 34 heavy (non-hydrogen) atoms. The first-order valence-corrected chi connectivity index (χ1v) is 13.6. The van der Waals surface area contributed by atoms with Crippen molar-refractivity contribution in [1.82, 2.24) is 4.90 Å². The standard InChI is InChI=1S/C30H41NO3/c1-20(2)28-8-3-4-9-29(28)34-27-13-12-23-14-21(10-11-24(23)16-27)17-31-18-26(19-31)22-6-5-7-25(15-22)30(32)33/h10-14,16,20,22,25-26,28-29H,3-9,15,17-19H2,1-2H3,(H,32,33). The second kappa shape index (κ2) is 10.3. The van der Waals surface area contributed by atoms with Crippen LogP contribution in [0.4, 0.5) is 0 Å². The summed E-state index contributed by atoms with van der Waals surface area (Å²) in [6.45, 7) is 7.87. The quantitative estimate of drug-likeness (QED) is 0.493. The van der Waals surface area contributed by atoms with E-state index in [0.29, 0.717) is 29.8 Å². The largest absolute Gasteiger partial charge is 0.490 e. The fourth-order valence-electron chi connectivity index (χ4n) is 6.83. The normalized spacial score (nSPS) is 28.7. The fraction of sp³-hybridized carbons (Fsp3) is 0.633. The first-order chi connectivity index (χ1) is 16.5. The molecule has 184 valence electrons. The van der Waals surface area contributed by atoms with Crippen LogP contribution in [0.2, 0.25) is 0 Å². The molecule has 2 aliphatic carbocycles. The molecule has 4 heteroatoms. The Labute approximate surface area is 204 Å². The molecule has 1 saturated heterocycles. The van der Waals surface area contributed by atoms with Gasteiger partial charge in [0.05, 0.1) is 5.92 Å². The maximum atomic E-state index is 11.4. The minimum atomic E-state index is -0.593. The minimum Gasteiger partial charge on any atom is -0.490 e. The van der Waals surface area contributed by atoms with E-state index in [2.05, 4.69) is 55.1 Å². The molecule has 5 rings (SSSR count).